The molecule has 142 valence electrons. The minimum atomic E-state index is -0.452. The second kappa shape index (κ2) is 7.40. The lowest BCUT2D eigenvalue weighted by Gasteiger charge is -2.44. The predicted molar refractivity (Wildman–Crippen MR) is 104 cm³/mol. The Labute approximate surface area is 162 Å². The van der Waals surface area contributed by atoms with E-state index in [0.717, 1.165) is 18.4 Å². The first-order valence-electron chi connectivity index (χ1n) is 9.27. The van der Waals surface area contributed by atoms with E-state index in [-0.39, 0.29) is 23.3 Å². The molecule has 4 rings (SSSR count). The van der Waals surface area contributed by atoms with Crippen molar-refractivity contribution in [3.63, 3.8) is 0 Å². The molecule has 2 aromatic rings. The molecule has 2 amide bonds. The second-order valence-electron chi connectivity index (χ2n) is 7.36. The Hall–Kier alpha value is -2.25. The van der Waals surface area contributed by atoms with E-state index >= 15 is 0 Å². The summed E-state index contributed by atoms with van der Waals surface area (Å²) >= 11 is 1.53. The van der Waals surface area contributed by atoms with Crippen molar-refractivity contribution in [2.24, 2.45) is 5.92 Å². The van der Waals surface area contributed by atoms with E-state index in [2.05, 4.69) is 17.2 Å². The van der Waals surface area contributed by atoms with Crippen molar-refractivity contribution in [1.82, 2.24) is 9.88 Å². The fourth-order valence-electron chi connectivity index (χ4n) is 4.08. The van der Waals surface area contributed by atoms with Crippen LogP contribution in [0.4, 0.5) is 5.69 Å². The average molecular weight is 385 g/mol. The number of nitrogens with one attached hydrogen (secondary N) is 1. The SMILES string of the molecule is CC1CN(C(=O)c2ccsc2)CCC12CCC(C(=O)Nc1cccnc1)O2. The maximum atomic E-state index is 12.6. The zero-order valence-corrected chi connectivity index (χ0v) is 16.1. The van der Waals surface area contributed by atoms with E-state index < -0.39 is 6.10 Å². The van der Waals surface area contributed by atoms with Gasteiger partial charge in [-0.05, 0) is 42.8 Å². The Morgan fingerprint density at radius 3 is 2.96 bits per heavy atom. The van der Waals surface area contributed by atoms with Gasteiger partial charge in [0.25, 0.3) is 11.8 Å². The second-order valence-corrected chi connectivity index (χ2v) is 8.14. The summed E-state index contributed by atoms with van der Waals surface area (Å²) in [7, 11) is 0. The minimum Gasteiger partial charge on any atom is -0.362 e. The Morgan fingerprint density at radius 1 is 1.37 bits per heavy atom. The number of carbonyl (C=O) groups is 2. The molecule has 1 spiro atoms. The number of aromatic nitrogens is 1. The van der Waals surface area contributed by atoms with Gasteiger partial charge in [-0.25, -0.2) is 0 Å². The first kappa shape index (κ1) is 18.1. The highest BCUT2D eigenvalue weighted by Gasteiger charge is 2.49. The first-order valence-corrected chi connectivity index (χ1v) is 10.2. The Bertz CT molecular complexity index is 811. The summed E-state index contributed by atoms with van der Waals surface area (Å²) in [6, 6.07) is 5.47. The maximum absolute atomic E-state index is 12.6. The molecule has 0 saturated carbocycles. The van der Waals surface area contributed by atoms with Crippen molar-refractivity contribution < 1.29 is 14.3 Å². The number of anilines is 1. The molecule has 2 aliphatic rings. The quantitative estimate of drug-likeness (QED) is 0.881. The van der Waals surface area contributed by atoms with Crippen LogP contribution in [0.5, 0.6) is 0 Å². The normalized spacial score (nSPS) is 27.7. The first-order chi connectivity index (χ1) is 13.1. The Morgan fingerprint density at radius 2 is 2.26 bits per heavy atom. The molecule has 0 aromatic carbocycles. The molecule has 4 heterocycles. The number of ether oxygens (including phenoxy) is 1. The number of hydrogen-bond donors (Lipinski definition) is 1. The number of carbonyl (C=O) groups excluding carboxylic acids is 2. The molecule has 0 radical (unpaired) electrons. The number of nitrogens with zero attached hydrogens (tertiary/aromatic N) is 2. The largest absolute Gasteiger partial charge is 0.362 e. The minimum absolute atomic E-state index is 0.0850. The Kier molecular flexibility index (Phi) is 4.97. The molecule has 2 aliphatic heterocycles. The van der Waals surface area contributed by atoms with Gasteiger partial charge in [-0.1, -0.05) is 6.92 Å². The van der Waals surface area contributed by atoms with Gasteiger partial charge in [-0.15, -0.1) is 0 Å². The summed E-state index contributed by atoms with van der Waals surface area (Å²) in [5.74, 6) is 0.149. The summed E-state index contributed by atoms with van der Waals surface area (Å²) in [5.41, 5.74) is 1.11. The van der Waals surface area contributed by atoms with Crippen LogP contribution in [-0.4, -0.2) is 46.5 Å². The van der Waals surface area contributed by atoms with Crippen LogP contribution in [0.3, 0.4) is 0 Å². The van der Waals surface area contributed by atoms with Crippen LogP contribution < -0.4 is 5.32 Å². The van der Waals surface area contributed by atoms with Crippen LogP contribution in [0.25, 0.3) is 0 Å². The van der Waals surface area contributed by atoms with Crippen molar-refractivity contribution in [2.45, 2.75) is 37.9 Å². The summed E-state index contributed by atoms with van der Waals surface area (Å²) in [6.45, 7) is 3.44. The van der Waals surface area contributed by atoms with Gasteiger partial charge in [0.2, 0.25) is 0 Å². The maximum Gasteiger partial charge on any atom is 0.254 e. The molecule has 2 aromatic heterocycles. The van der Waals surface area contributed by atoms with E-state index in [9.17, 15) is 9.59 Å². The highest BCUT2D eigenvalue weighted by molar-refractivity contribution is 7.08. The highest BCUT2D eigenvalue weighted by atomic mass is 32.1. The molecule has 2 fully saturated rings. The van der Waals surface area contributed by atoms with Crippen molar-refractivity contribution in [1.29, 1.82) is 0 Å². The topological polar surface area (TPSA) is 71.5 Å². The molecule has 0 bridgehead atoms. The van der Waals surface area contributed by atoms with Crippen LogP contribution >= 0.6 is 11.3 Å². The molecule has 27 heavy (non-hydrogen) atoms. The molecule has 6 nitrogen and oxygen atoms in total. The number of thiophene rings is 1. The zero-order valence-electron chi connectivity index (χ0n) is 15.3. The molecule has 3 atom stereocenters. The van der Waals surface area contributed by atoms with Crippen LogP contribution in [0.2, 0.25) is 0 Å². The summed E-state index contributed by atoms with van der Waals surface area (Å²) < 4.78 is 6.29. The zero-order chi connectivity index (χ0) is 18.9. The number of hydrogen-bond acceptors (Lipinski definition) is 5. The van der Waals surface area contributed by atoms with E-state index in [1.54, 1.807) is 18.5 Å². The lowest BCUT2D eigenvalue weighted by Crippen LogP contribution is -2.52. The number of piperidine rings is 1. The van der Waals surface area contributed by atoms with E-state index in [0.29, 0.717) is 25.2 Å². The van der Waals surface area contributed by atoms with Gasteiger partial charge in [0.05, 0.1) is 23.0 Å². The lowest BCUT2D eigenvalue weighted by molar-refractivity contribution is -0.141. The van der Waals surface area contributed by atoms with Gasteiger partial charge in [-0.3, -0.25) is 14.6 Å². The van der Waals surface area contributed by atoms with Crippen molar-refractivity contribution in [2.75, 3.05) is 18.4 Å². The van der Waals surface area contributed by atoms with Gasteiger partial charge in [-0.2, -0.15) is 11.3 Å². The van der Waals surface area contributed by atoms with E-state index in [1.165, 1.54) is 11.3 Å². The fraction of sp³-hybridized carbons (Fsp3) is 0.450. The standard InChI is InChI=1S/C20H23N3O3S/c1-14-12-23(19(25)15-5-10-27-13-15)9-7-20(14)6-4-17(26-20)18(24)22-16-3-2-8-21-11-16/h2-3,5,8,10-11,13-14,17H,4,6-7,9,12H2,1H3,(H,22,24). The highest BCUT2D eigenvalue weighted by Crippen LogP contribution is 2.42. The molecular weight excluding hydrogens is 362 g/mol. The molecular formula is C20H23N3O3S. The van der Waals surface area contributed by atoms with Gasteiger partial charge < -0.3 is 15.0 Å². The third-order valence-electron chi connectivity index (χ3n) is 5.68. The summed E-state index contributed by atoms with van der Waals surface area (Å²) in [4.78, 5) is 31.1. The molecule has 0 aliphatic carbocycles. The molecule has 7 heteroatoms. The van der Waals surface area contributed by atoms with Crippen LogP contribution in [0.1, 0.15) is 36.5 Å². The number of likely N-dealkylation sites (tertiary alicyclic amines) is 1. The van der Waals surface area contributed by atoms with Crippen molar-refractivity contribution >= 4 is 28.8 Å². The van der Waals surface area contributed by atoms with Gasteiger partial charge in [0, 0.05) is 30.6 Å². The van der Waals surface area contributed by atoms with Crippen molar-refractivity contribution in [3.8, 4) is 0 Å². The van der Waals surface area contributed by atoms with Crippen LogP contribution in [0, 0.1) is 5.92 Å². The molecule has 2 saturated heterocycles. The van der Waals surface area contributed by atoms with E-state index in [4.69, 9.17) is 4.74 Å². The van der Waals surface area contributed by atoms with Gasteiger partial charge >= 0.3 is 0 Å². The van der Waals surface area contributed by atoms with Crippen LogP contribution in [-0.2, 0) is 9.53 Å². The summed E-state index contributed by atoms with van der Waals surface area (Å²) in [5, 5.41) is 6.69. The predicted octanol–water partition coefficient (Wildman–Crippen LogP) is 3.18. The number of rotatable bonds is 3. The summed E-state index contributed by atoms with van der Waals surface area (Å²) in [6.07, 6.45) is 5.16. The number of pyridine rings is 1. The Balaban J connectivity index is 1.37. The number of amides is 2. The third kappa shape index (κ3) is 3.61. The monoisotopic (exact) mass is 385 g/mol. The van der Waals surface area contributed by atoms with Crippen molar-refractivity contribution in [3.05, 3.63) is 46.9 Å². The average Bonchev–Trinajstić information content (AvgIpc) is 3.35. The molecule has 1 N–H and O–H groups in total. The van der Waals surface area contributed by atoms with Crippen LogP contribution in [0.15, 0.2) is 41.4 Å². The fourth-order valence-corrected chi connectivity index (χ4v) is 4.71. The molecule has 3 unspecified atom stereocenters. The van der Waals surface area contributed by atoms with Gasteiger partial charge in [0.1, 0.15) is 6.10 Å². The smallest absolute Gasteiger partial charge is 0.254 e. The lowest BCUT2D eigenvalue weighted by atomic mass is 9.80. The third-order valence-corrected chi connectivity index (χ3v) is 6.36. The van der Waals surface area contributed by atoms with Gasteiger partial charge in [0.15, 0.2) is 0 Å². The van der Waals surface area contributed by atoms with E-state index in [1.807, 2.05) is 27.8 Å².